The molecular formula is C8H19NO2S. The van der Waals surface area contributed by atoms with Gasteiger partial charge in [-0.05, 0) is 13.0 Å². The molecule has 0 aliphatic rings. The first-order chi connectivity index (χ1) is 5.62. The summed E-state index contributed by atoms with van der Waals surface area (Å²) in [5.41, 5.74) is 0. The van der Waals surface area contributed by atoms with Gasteiger partial charge in [-0.15, -0.1) is 0 Å². The van der Waals surface area contributed by atoms with Gasteiger partial charge in [0.05, 0.1) is 11.5 Å². The molecule has 0 aromatic rings. The van der Waals surface area contributed by atoms with Crippen molar-refractivity contribution in [3.8, 4) is 0 Å². The third-order valence-corrected chi connectivity index (χ3v) is 3.39. The Balaban J connectivity index is 3.58. The topological polar surface area (TPSA) is 46.2 Å². The molecule has 1 N–H and O–H groups in total. The van der Waals surface area contributed by atoms with Gasteiger partial charge < -0.3 is 5.32 Å². The molecule has 0 aromatic carbocycles. The highest BCUT2D eigenvalue weighted by atomic mass is 32.2. The molecule has 0 spiro atoms. The normalized spacial score (nSPS) is 11.8. The molecule has 0 aliphatic heterocycles. The molecule has 4 heteroatoms. The quantitative estimate of drug-likeness (QED) is 0.609. The summed E-state index contributed by atoms with van der Waals surface area (Å²) in [4.78, 5) is 0. The Labute approximate surface area is 75.5 Å². The summed E-state index contributed by atoms with van der Waals surface area (Å²) in [5.74, 6) is 0.621. The largest absolute Gasteiger partial charge is 0.316 e. The molecule has 0 saturated heterocycles. The first-order valence-electron chi connectivity index (χ1n) is 4.53. The molecule has 0 rings (SSSR count). The van der Waals surface area contributed by atoms with E-state index in [1.807, 2.05) is 13.8 Å². The van der Waals surface area contributed by atoms with Gasteiger partial charge in [0.15, 0.2) is 9.84 Å². The van der Waals surface area contributed by atoms with Crippen LogP contribution in [0.25, 0.3) is 0 Å². The van der Waals surface area contributed by atoms with Gasteiger partial charge in [-0.2, -0.15) is 0 Å². The number of sulfone groups is 1. The fourth-order valence-electron chi connectivity index (χ4n) is 0.871. The Bertz CT molecular complexity index is 187. The second-order valence-electron chi connectivity index (χ2n) is 2.86. The summed E-state index contributed by atoms with van der Waals surface area (Å²) in [5, 5.41) is 3.00. The van der Waals surface area contributed by atoms with Crippen LogP contribution < -0.4 is 5.32 Å². The van der Waals surface area contributed by atoms with Crippen LogP contribution in [0.4, 0.5) is 0 Å². The van der Waals surface area contributed by atoms with Crippen molar-refractivity contribution < 1.29 is 8.42 Å². The standard InChI is InChI=1S/C8H19NO2S/c1-3-5-7-12(10,11)8-6-9-4-2/h9H,3-8H2,1-2H3. The van der Waals surface area contributed by atoms with Gasteiger partial charge in [-0.25, -0.2) is 8.42 Å². The number of unbranched alkanes of at least 4 members (excludes halogenated alkanes) is 1. The van der Waals surface area contributed by atoms with Gasteiger partial charge in [-0.3, -0.25) is 0 Å². The Kier molecular flexibility index (Phi) is 6.38. The van der Waals surface area contributed by atoms with Crippen LogP contribution in [0.5, 0.6) is 0 Å². The predicted molar refractivity (Wildman–Crippen MR) is 52.1 cm³/mol. The summed E-state index contributed by atoms with van der Waals surface area (Å²) in [6.45, 7) is 5.39. The minimum Gasteiger partial charge on any atom is -0.316 e. The fraction of sp³-hybridized carbons (Fsp3) is 1.00. The van der Waals surface area contributed by atoms with Gasteiger partial charge in [0, 0.05) is 6.54 Å². The highest BCUT2D eigenvalue weighted by Gasteiger charge is 2.08. The third kappa shape index (κ3) is 6.61. The van der Waals surface area contributed by atoms with Crippen molar-refractivity contribution in [3.63, 3.8) is 0 Å². The monoisotopic (exact) mass is 193 g/mol. The van der Waals surface area contributed by atoms with Crippen molar-refractivity contribution in [2.24, 2.45) is 0 Å². The predicted octanol–water partition coefficient (Wildman–Crippen LogP) is 0.811. The summed E-state index contributed by atoms with van der Waals surface area (Å²) in [7, 11) is -2.78. The summed E-state index contributed by atoms with van der Waals surface area (Å²) in [6.07, 6.45) is 1.73. The SMILES string of the molecule is CCCCS(=O)(=O)CCNCC. The zero-order valence-corrected chi connectivity index (χ0v) is 8.78. The second-order valence-corrected chi connectivity index (χ2v) is 5.16. The van der Waals surface area contributed by atoms with Crippen molar-refractivity contribution >= 4 is 9.84 Å². The van der Waals surface area contributed by atoms with Crippen molar-refractivity contribution in [1.82, 2.24) is 5.32 Å². The van der Waals surface area contributed by atoms with Crippen molar-refractivity contribution in [1.29, 1.82) is 0 Å². The van der Waals surface area contributed by atoms with Crippen LogP contribution in [0, 0.1) is 0 Å². The highest BCUT2D eigenvalue weighted by molar-refractivity contribution is 7.91. The third-order valence-electron chi connectivity index (χ3n) is 1.65. The lowest BCUT2D eigenvalue weighted by atomic mass is 10.4. The molecule has 0 bridgehead atoms. The highest BCUT2D eigenvalue weighted by Crippen LogP contribution is 1.95. The van der Waals surface area contributed by atoms with Crippen LogP contribution >= 0.6 is 0 Å². The molecular weight excluding hydrogens is 174 g/mol. The molecule has 0 amide bonds. The van der Waals surface area contributed by atoms with Gasteiger partial charge in [0.25, 0.3) is 0 Å². The molecule has 0 atom stereocenters. The molecule has 0 aliphatic carbocycles. The van der Waals surface area contributed by atoms with Crippen molar-refractivity contribution in [2.75, 3.05) is 24.6 Å². The molecule has 12 heavy (non-hydrogen) atoms. The smallest absolute Gasteiger partial charge is 0.151 e. The summed E-state index contributed by atoms with van der Waals surface area (Å²) < 4.78 is 22.4. The van der Waals surface area contributed by atoms with E-state index in [0.29, 0.717) is 12.3 Å². The number of rotatable bonds is 7. The molecule has 0 heterocycles. The maximum atomic E-state index is 11.2. The minimum absolute atomic E-state index is 0.279. The molecule has 74 valence electrons. The van der Waals surface area contributed by atoms with Crippen LogP contribution in [0.15, 0.2) is 0 Å². The van der Waals surface area contributed by atoms with E-state index in [0.717, 1.165) is 19.4 Å². The van der Waals surface area contributed by atoms with Crippen LogP contribution in [0.3, 0.4) is 0 Å². The maximum Gasteiger partial charge on any atom is 0.151 e. The van der Waals surface area contributed by atoms with E-state index in [2.05, 4.69) is 5.32 Å². The first-order valence-corrected chi connectivity index (χ1v) is 6.35. The number of hydrogen-bond donors (Lipinski definition) is 1. The molecule has 3 nitrogen and oxygen atoms in total. The van der Waals surface area contributed by atoms with Crippen LogP contribution in [-0.2, 0) is 9.84 Å². The van der Waals surface area contributed by atoms with E-state index < -0.39 is 9.84 Å². The zero-order chi connectivity index (χ0) is 9.45. The van der Waals surface area contributed by atoms with Crippen molar-refractivity contribution in [3.05, 3.63) is 0 Å². The van der Waals surface area contributed by atoms with Gasteiger partial charge in [-0.1, -0.05) is 20.3 Å². The van der Waals surface area contributed by atoms with Gasteiger partial charge >= 0.3 is 0 Å². The van der Waals surface area contributed by atoms with Crippen LogP contribution in [-0.4, -0.2) is 33.0 Å². The molecule has 0 unspecified atom stereocenters. The van der Waals surface area contributed by atoms with E-state index in [4.69, 9.17) is 0 Å². The van der Waals surface area contributed by atoms with E-state index >= 15 is 0 Å². The Morgan fingerprint density at radius 2 is 1.83 bits per heavy atom. The second kappa shape index (κ2) is 6.43. The van der Waals surface area contributed by atoms with E-state index in [1.165, 1.54) is 0 Å². The van der Waals surface area contributed by atoms with Gasteiger partial charge in [0.1, 0.15) is 0 Å². The molecule has 0 fully saturated rings. The van der Waals surface area contributed by atoms with Crippen LogP contribution in [0.1, 0.15) is 26.7 Å². The Morgan fingerprint density at radius 1 is 1.17 bits per heavy atom. The van der Waals surface area contributed by atoms with Gasteiger partial charge in [0.2, 0.25) is 0 Å². The molecule has 0 radical (unpaired) electrons. The maximum absolute atomic E-state index is 11.2. The van der Waals surface area contributed by atoms with E-state index in [-0.39, 0.29) is 5.75 Å². The Hall–Kier alpha value is -0.0900. The fourth-order valence-corrected chi connectivity index (χ4v) is 2.26. The van der Waals surface area contributed by atoms with E-state index in [9.17, 15) is 8.42 Å². The van der Waals surface area contributed by atoms with Crippen molar-refractivity contribution in [2.45, 2.75) is 26.7 Å². The van der Waals surface area contributed by atoms with Crippen LogP contribution in [0.2, 0.25) is 0 Å². The summed E-state index contributed by atoms with van der Waals surface area (Å²) in [6, 6.07) is 0. The Morgan fingerprint density at radius 3 is 2.33 bits per heavy atom. The lowest BCUT2D eigenvalue weighted by Crippen LogP contribution is -2.24. The summed E-state index contributed by atoms with van der Waals surface area (Å²) >= 11 is 0. The zero-order valence-electron chi connectivity index (χ0n) is 7.97. The molecule has 0 saturated carbocycles. The minimum atomic E-state index is -2.78. The average Bonchev–Trinajstić information content (AvgIpc) is 2.01. The number of hydrogen-bond acceptors (Lipinski definition) is 3. The molecule has 0 aromatic heterocycles. The lowest BCUT2D eigenvalue weighted by molar-refractivity contribution is 0.588. The lowest BCUT2D eigenvalue weighted by Gasteiger charge is -2.03. The number of nitrogens with one attached hydrogen (secondary N) is 1. The average molecular weight is 193 g/mol. The first kappa shape index (κ1) is 11.9. The van der Waals surface area contributed by atoms with E-state index in [1.54, 1.807) is 0 Å².